The van der Waals surface area contributed by atoms with Crippen LogP contribution in [-0.2, 0) is 0 Å². The van der Waals surface area contributed by atoms with E-state index in [1.807, 2.05) is 0 Å². The first-order valence-electron chi connectivity index (χ1n) is 5.31. The Balaban J connectivity index is 2.33. The summed E-state index contributed by atoms with van der Waals surface area (Å²) in [4.78, 5) is 11.7. The summed E-state index contributed by atoms with van der Waals surface area (Å²) in [6.07, 6.45) is 0. The molecule has 0 aliphatic heterocycles. The molecular weight excluding hydrogens is 238 g/mol. The van der Waals surface area contributed by atoms with Crippen LogP contribution in [0, 0.1) is 18.6 Å². The minimum Gasteiger partial charge on any atom is -0.423 e. The number of ether oxygens (including phenoxy) is 1. The predicted molar refractivity (Wildman–Crippen MR) is 62.5 cm³/mol. The highest BCUT2D eigenvalue weighted by atomic mass is 19.1. The minimum atomic E-state index is -1.04. The van der Waals surface area contributed by atoms with Crippen LogP contribution in [0.4, 0.5) is 8.78 Å². The molecule has 0 aliphatic carbocycles. The molecule has 0 fully saturated rings. The molecule has 0 heterocycles. The largest absolute Gasteiger partial charge is 0.423 e. The molecule has 2 aromatic carbocycles. The molecular formula is C14H10F2O2. The fourth-order valence-corrected chi connectivity index (χ4v) is 1.49. The molecule has 92 valence electrons. The van der Waals surface area contributed by atoms with Crippen molar-refractivity contribution in [1.29, 1.82) is 0 Å². The van der Waals surface area contributed by atoms with Crippen LogP contribution in [0.5, 0.6) is 5.75 Å². The van der Waals surface area contributed by atoms with Crippen molar-refractivity contribution in [2.45, 2.75) is 6.92 Å². The molecule has 2 aromatic rings. The normalized spacial score (nSPS) is 10.2. The molecule has 0 atom stereocenters. The molecule has 0 bridgehead atoms. The highest BCUT2D eigenvalue weighted by Gasteiger charge is 2.20. The third kappa shape index (κ3) is 2.37. The molecule has 0 aromatic heterocycles. The van der Waals surface area contributed by atoms with E-state index in [2.05, 4.69) is 0 Å². The van der Waals surface area contributed by atoms with Crippen LogP contribution >= 0.6 is 0 Å². The highest BCUT2D eigenvalue weighted by molar-refractivity contribution is 5.91. The van der Waals surface area contributed by atoms with Crippen LogP contribution < -0.4 is 4.74 Å². The topological polar surface area (TPSA) is 26.3 Å². The van der Waals surface area contributed by atoms with Gasteiger partial charge in [-0.25, -0.2) is 13.6 Å². The summed E-state index contributed by atoms with van der Waals surface area (Å²) in [5.74, 6) is -2.63. The number of esters is 1. The maximum Gasteiger partial charge on any atom is 0.349 e. The minimum absolute atomic E-state index is 0.191. The molecule has 0 radical (unpaired) electrons. The third-order valence-electron chi connectivity index (χ3n) is 2.44. The molecule has 18 heavy (non-hydrogen) atoms. The van der Waals surface area contributed by atoms with Gasteiger partial charge in [0.1, 0.15) is 22.9 Å². The van der Waals surface area contributed by atoms with Gasteiger partial charge in [-0.1, -0.05) is 24.3 Å². The quantitative estimate of drug-likeness (QED) is 0.600. The number of para-hydroxylation sites is 1. The lowest BCUT2D eigenvalue weighted by atomic mass is 10.1. The van der Waals surface area contributed by atoms with Crippen molar-refractivity contribution in [1.82, 2.24) is 0 Å². The summed E-state index contributed by atoms with van der Waals surface area (Å²) in [5.41, 5.74) is -0.477. The lowest BCUT2D eigenvalue weighted by Crippen LogP contribution is -2.14. The second-order valence-electron chi connectivity index (χ2n) is 3.76. The van der Waals surface area contributed by atoms with Crippen molar-refractivity contribution >= 4 is 5.97 Å². The number of aryl methyl sites for hydroxylation is 1. The monoisotopic (exact) mass is 248 g/mol. The summed E-state index contributed by atoms with van der Waals surface area (Å²) < 4.78 is 32.0. The number of halogens is 2. The average molecular weight is 248 g/mol. The molecule has 4 heteroatoms. The molecule has 0 saturated carbocycles. The van der Waals surface area contributed by atoms with E-state index < -0.39 is 23.2 Å². The fraction of sp³-hybridized carbons (Fsp3) is 0.0714. The number of hydrogen-bond acceptors (Lipinski definition) is 2. The molecule has 0 amide bonds. The molecule has 0 saturated heterocycles. The number of rotatable bonds is 2. The van der Waals surface area contributed by atoms with Gasteiger partial charge >= 0.3 is 5.97 Å². The van der Waals surface area contributed by atoms with Crippen molar-refractivity contribution in [3.8, 4) is 5.75 Å². The number of carbonyl (C=O) groups is 1. The predicted octanol–water partition coefficient (Wildman–Crippen LogP) is 3.49. The zero-order chi connectivity index (χ0) is 13.1. The summed E-state index contributed by atoms with van der Waals surface area (Å²) in [6.45, 7) is 1.45. The first kappa shape index (κ1) is 12.2. The van der Waals surface area contributed by atoms with Crippen LogP contribution in [0.25, 0.3) is 0 Å². The van der Waals surface area contributed by atoms with E-state index >= 15 is 0 Å². The van der Waals surface area contributed by atoms with E-state index in [-0.39, 0.29) is 11.3 Å². The molecule has 0 aliphatic rings. The fourth-order valence-electron chi connectivity index (χ4n) is 1.49. The molecule has 0 spiro atoms. The summed E-state index contributed by atoms with van der Waals surface area (Å²) in [6, 6.07) is 10.4. The van der Waals surface area contributed by atoms with E-state index in [0.29, 0.717) is 0 Å². The third-order valence-corrected chi connectivity index (χ3v) is 2.44. The van der Waals surface area contributed by atoms with Crippen molar-refractivity contribution in [3.63, 3.8) is 0 Å². The molecule has 2 nitrogen and oxygen atoms in total. The Morgan fingerprint density at radius 2 is 1.72 bits per heavy atom. The van der Waals surface area contributed by atoms with Crippen LogP contribution in [0.1, 0.15) is 15.9 Å². The van der Waals surface area contributed by atoms with Gasteiger partial charge in [0.25, 0.3) is 0 Å². The Kier molecular flexibility index (Phi) is 3.37. The van der Waals surface area contributed by atoms with E-state index in [9.17, 15) is 13.6 Å². The Bertz CT molecular complexity index is 580. The number of carbonyl (C=O) groups excluding carboxylic acids is 1. The summed E-state index contributed by atoms with van der Waals surface area (Å²) in [7, 11) is 0. The molecule has 0 N–H and O–H groups in total. The van der Waals surface area contributed by atoms with Gasteiger partial charge in [0.2, 0.25) is 0 Å². The lowest BCUT2D eigenvalue weighted by Gasteiger charge is -2.07. The summed E-state index contributed by atoms with van der Waals surface area (Å²) >= 11 is 0. The first-order chi connectivity index (χ1) is 8.59. The van der Waals surface area contributed by atoms with Gasteiger partial charge in [-0.15, -0.1) is 0 Å². The lowest BCUT2D eigenvalue weighted by molar-refractivity contribution is 0.0724. The van der Waals surface area contributed by atoms with E-state index in [1.54, 1.807) is 18.2 Å². The van der Waals surface area contributed by atoms with Crippen molar-refractivity contribution in [2.75, 3.05) is 0 Å². The first-order valence-corrected chi connectivity index (χ1v) is 5.31. The van der Waals surface area contributed by atoms with Gasteiger partial charge in [-0.2, -0.15) is 0 Å². The molecule has 2 rings (SSSR count). The standard InChI is InChI=1S/C14H10F2O2/c1-9-7-8-11(15)12(13(9)16)14(17)18-10-5-3-2-4-6-10/h2-8H,1H3. The van der Waals surface area contributed by atoms with Crippen LogP contribution in [0.3, 0.4) is 0 Å². The van der Waals surface area contributed by atoms with Crippen molar-refractivity contribution in [2.24, 2.45) is 0 Å². The van der Waals surface area contributed by atoms with Gasteiger partial charge in [-0.3, -0.25) is 0 Å². The Morgan fingerprint density at radius 3 is 2.39 bits per heavy atom. The number of benzene rings is 2. The summed E-state index contributed by atoms with van der Waals surface area (Å²) in [5, 5.41) is 0. The van der Waals surface area contributed by atoms with Gasteiger partial charge in [0.15, 0.2) is 0 Å². The number of hydrogen-bond donors (Lipinski definition) is 0. The zero-order valence-electron chi connectivity index (χ0n) is 9.61. The Morgan fingerprint density at radius 1 is 1.06 bits per heavy atom. The average Bonchev–Trinajstić information content (AvgIpc) is 2.36. The van der Waals surface area contributed by atoms with E-state index in [0.717, 1.165) is 6.07 Å². The van der Waals surface area contributed by atoms with E-state index in [1.165, 1.54) is 25.1 Å². The SMILES string of the molecule is Cc1ccc(F)c(C(=O)Oc2ccccc2)c1F. The van der Waals surface area contributed by atoms with Gasteiger partial charge in [0, 0.05) is 0 Å². The second kappa shape index (κ2) is 4.96. The van der Waals surface area contributed by atoms with Crippen LogP contribution in [0.2, 0.25) is 0 Å². The highest BCUT2D eigenvalue weighted by Crippen LogP contribution is 2.19. The van der Waals surface area contributed by atoms with Gasteiger partial charge < -0.3 is 4.74 Å². The van der Waals surface area contributed by atoms with Crippen LogP contribution in [-0.4, -0.2) is 5.97 Å². The van der Waals surface area contributed by atoms with Crippen LogP contribution in [0.15, 0.2) is 42.5 Å². The molecule has 0 unspecified atom stereocenters. The van der Waals surface area contributed by atoms with Gasteiger partial charge in [-0.05, 0) is 30.7 Å². The zero-order valence-corrected chi connectivity index (χ0v) is 9.61. The maximum atomic E-state index is 13.7. The maximum absolute atomic E-state index is 13.7. The Hall–Kier alpha value is -2.23. The van der Waals surface area contributed by atoms with Crippen molar-refractivity contribution in [3.05, 3.63) is 65.2 Å². The van der Waals surface area contributed by atoms with Gasteiger partial charge in [0.05, 0.1) is 0 Å². The smallest absolute Gasteiger partial charge is 0.349 e. The van der Waals surface area contributed by atoms with Crippen molar-refractivity contribution < 1.29 is 18.3 Å². The van der Waals surface area contributed by atoms with E-state index in [4.69, 9.17) is 4.74 Å². The Labute approximate surface area is 103 Å². The second-order valence-corrected chi connectivity index (χ2v) is 3.76.